The summed E-state index contributed by atoms with van der Waals surface area (Å²) in [6, 6.07) is 50.3. The van der Waals surface area contributed by atoms with E-state index < -0.39 is 53.9 Å². The van der Waals surface area contributed by atoms with E-state index in [9.17, 15) is 9.90 Å². The largest absolute Gasteiger partial charge is 0.467 e. The molecule has 0 fully saturated rings. The first-order valence-electron chi connectivity index (χ1n) is 22.3. The summed E-state index contributed by atoms with van der Waals surface area (Å²) in [7, 11) is 4.51. The van der Waals surface area contributed by atoms with E-state index in [1.807, 2.05) is 122 Å². The number of hydrogen-bond donors (Lipinski definition) is 1. The van der Waals surface area contributed by atoms with E-state index in [2.05, 4.69) is 50.2 Å². The molecule has 9 atom stereocenters. The van der Waals surface area contributed by atoms with Crippen molar-refractivity contribution in [1.82, 2.24) is 0 Å². The molecule has 11 nitrogen and oxygen atoms in total. The van der Waals surface area contributed by atoms with Gasteiger partial charge in [0.25, 0.3) is 0 Å². The van der Waals surface area contributed by atoms with Crippen LogP contribution in [-0.2, 0) is 66.2 Å². The fourth-order valence-corrected chi connectivity index (χ4v) is 8.73. The van der Waals surface area contributed by atoms with Crippen molar-refractivity contribution in [3.8, 4) is 0 Å². The van der Waals surface area contributed by atoms with Crippen molar-refractivity contribution in [1.29, 1.82) is 0 Å². The van der Waals surface area contributed by atoms with Gasteiger partial charge < -0.3 is 47.7 Å². The highest BCUT2D eigenvalue weighted by Gasteiger charge is 2.45. The van der Waals surface area contributed by atoms with Gasteiger partial charge in [-0.25, -0.2) is 4.79 Å². The average molecular weight is 893 g/mol. The molecule has 350 valence electrons. The fourth-order valence-electron chi connectivity index (χ4n) is 8.73. The van der Waals surface area contributed by atoms with E-state index in [1.165, 1.54) is 7.11 Å². The van der Waals surface area contributed by atoms with E-state index in [1.54, 1.807) is 21.1 Å². The molecule has 0 heterocycles. The second-order valence-corrected chi connectivity index (χ2v) is 16.5. The molecule has 5 aromatic carbocycles. The third-order valence-electron chi connectivity index (χ3n) is 12.2. The molecule has 0 bridgehead atoms. The number of carbonyl (C=O) groups is 1. The topological polar surface area (TPSA) is 120 Å². The van der Waals surface area contributed by atoms with Crippen LogP contribution in [0.3, 0.4) is 0 Å². The second-order valence-electron chi connectivity index (χ2n) is 16.5. The Hall–Kier alpha value is -4.79. The molecule has 0 saturated heterocycles. The molecule has 0 unspecified atom stereocenters. The molecule has 0 aromatic heterocycles. The number of hydrogen-bond acceptors (Lipinski definition) is 11. The van der Waals surface area contributed by atoms with Gasteiger partial charge in [0.2, 0.25) is 0 Å². The Balaban J connectivity index is 1.47. The highest BCUT2D eigenvalue weighted by Crippen LogP contribution is 2.41. The molecule has 1 N–H and O–H groups in total. The molecule has 0 spiro atoms. The van der Waals surface area contributed by atoms with Crippen molar-refractivity contribution in [2.75, 3.05) is 48.3 Å². The number of benzene rings is 5. The van der Waals surface area contributed by atoms with Gasteiger partial charge in [-0.15, -0.1) is 0 Å². The summed E-state index contributed by atoms with van der Waals surface area (Å²) in [4.78, 5) is 12.8. The molecule has 5 aromatic rings. The van der Waals surface area contributed by atoms with Gasteiger partial charge in [0.05, 0.1) is 51.3 Å². The normalized spacial score (nSPS) is 16.1. The van der Waals surface area contributed by atoms with Crippen LogP contribution < -0.4 is 0 Å². The quantitative estimate of drug-likeness (QED) is 0.0214. The molecule has 0 aliphatic carbocycles. The standard InChI is InChI=1S/C54H68O11/c1-39(48(58-6)35-65-54(45-27-17-10-18-28-45,46-29-19-11-20-30-46)47-31-21-12-22-32-47)50(62-36-57-5)41(3)52(64-38-61-34-44-25-15-9-16-26-44)42(4)51(40(2)49(55)53(56)59-7)63-37-60-33-43-23-13-8-14-24-43/h8-32,39-42,48-52,55H,33-38H2,1-7H3/t39-,40+,41+,42-,48+,49+,50-,51+,52+/m1/s1. The van der Waals surface area contributed by atoms with Crippen molar-refractivity contribution in [3.05, 3.63) is 179 Å². The SMILES string of the molecule is COCO[C@@H]([C@H](C)[C@H](OCOCc1ccccc1)[C@H](C)[C@@H](OCOCc1ccccc1)[C@@H](C)[C@H](O)C(=O)OC)[C@H](C)[C@H](COC(c1ccccc1)(c1ccccc1)c1ccccc1)OC. The molecule has 5 rings (SSSR count). The maximum atomic E-state index is 12.8. The van der Waals surface area contributed by atoms with Gasteiger partial charge in [0.15, 0.2) is 6.10 Å². The number of esters is 1. The third-order valence-corrected chi connectivity index (χ3v) is 12.2. The zero-order valence-corrected chi connectivity index (χ0v) is 38.9. The minimum atomic E-state index is -1.49. The summed E-state index contributed by atoms with van der Waals surface area (Å²) in [6.07, 6.45) is -3.90. The summed E-state index contributed by atoms with van der Waals surface area (Å²) < 4.78 is 56.0. The molecule has 0 aliphatic heterocycles. The summed E-state index contributed by atoms with van der Waals surface area (Å²) in [5.41, 5.74) is 3.91. The van der Waals surface area contributed by atoms with Crippen molar-refractivity contribution in [3.63, 3.8) is 0 Å². The van der Waals surface area contributed by atoms with Crippen LogP contribution >= 0.6 is 0 Å². The van der Waals surface area contributed by atoms with Gasteiger partial charge in [-0.1, -0.05) is 179 Å². The molecule has 0 amide bonds. The van der Waals surface area contributed by atoms with Crippen molar-refractivity contribution < 1.29 is 52.5 Å². The first-order chi connectivity index (χ1) is 31.7. The Kier molecular flexibility index (Phi) is 21.3. The van der Waals surface area contributed by atoms with Crippen molar-refractivity contribution >= 4 is 5.97 Å². The van der Waals surface area contributed by atoms with E-state index in [-0.39, 0.29) is 38.8 Å². The molecule has 0 saturated carbocycles. The number of aliphatic hydroxyl groups is 1. The molecular formula is C54H68O11. The number of carbonyl (C=O) groups excluding carboxylic acids is 1. The van der Waals surface area contributed by atoms with E-state index in [0.29, 0.717) is 13.2 Å². The van der Waals surface area contributed by atoms with Crippen molar-refractivity contribution in [2.24, 2.45) is 23.7 Å². The number of aliphatic hydroxyl groups excluding tert-OH is 1. The number of methoxy groups -OCH3 is 3. The monoisotopic (exact) mass is 892 g/mol. The zero-order chi connectivity index (χ0) is 46.4. The third kappa shape index (κ3) is 14.1. The zero-order valence-electron chi connectivity index (χ0n) is 38.9. The van der Waals surface area contributed by atoms with E-state index in [4.69, 9.17) is 42.6 Å². The van der Waals surface area contributed by atoms with Crippen LogP contribution in [0.1, 0.15) is 55.5 Å². The Morgan fingerprint density at radius 1 is 0.508 bits per heavy atom. The molecule has 65 heavy (non-hydrogen) atoms. The Bertz CT molecular complexity index is 1930. The van der Waals surface area contributed by atoms with Crippen LogP contribution in [0.4, 0.5) is 0 Å². The molecule has 0 radical (unpaired) electrons. The highest BCUT2D eigenvalue weighted by molar-refractivity contribution is 5.74. The Morgan fingerprint density at radius 3 is 1.26 bits per heavy atom. The van der Waals surface area contributed by atoms with Gasteiger partial charge >= 0.3 is 5.97 Å². The summed E-state index contributed by atoms with van der Waals surface area (Å²) in [6.45, 7) is 8.51. The maximum Gasteiger partial charge on any atom is 0.335 e. The lowest BCUT2D eigenvalue weighted by atomic mass is 9.77. The van der Waals surface area contributed by atoms with Crippen LogP contribution in [-0.4, -0.2) is 89.9 Å². The lowest BCUT2D eigenvalue weighted by molar-refractivity contribution is -0.209. The van der Waals surface area contributed by atoms with Crippen LogP contribution in [0.15, 0.2) is 152 Å². The van der Waals surface area contributed by atoms with E-state index >= 15 is 0 Å². The van der Waals surface area contributed by atoms with Crippen LogP contribution in [0, 0.1) is 23.7 Å². The summed E-state index contributed by atoms with van der Waals surface area (Å²) >= 11 is 0. The van der Waals surface area contributed by atoms with E-state index in [0.717, 1.165) is 27.8 Å². The highest BCUT2D eigenvalue weighted by atomic mass is 16.7. The minimum Gasteiger partial charge on any atom is -0.467 e. The second kappa shape index (κ2) is 27.0. The average Bonchev–Trinajstić information content (AvgIpc) is 3.36. The van der Waals surface area contributed by atoms with Gasteiger partial charge in [-0.2, -0.15) is 0 Å². The predicted molar refractivity (Wildman–Crippen MR) is 249 cm³/mol. The van der Waals surface area contributed by atoms with Crippen LogP contribution in [0.2, 0.25) is 0 Å². The predicted octanol–water partition coefficient (Wildman–Crippen LogP) is 9.20. The number of ether oxygens (including phenoxy) is 9. The molecular weight excluding hydrogens is 825 g/mol. The fraction of sp³-hybridized carbons (Fsp3) is 0.426. The maximum absolute atomic E-state index is 12.8. The number of rotatable bonds is 29. The van der Waals surface area contributed by atoms with Crippen molar-refractivity contribution in [2.45, 2.75) is 77.0 Å². The van der Waals surface area contributed by atoms with Crippen LogP contribution in [0.5, 0.6) is 0 Å². The lowest BCUT2D eigenvalue weighted by Gasteiger charge is -2.43. The van der Waals surface area contributed by atoms with Gasteiger partial charge in [0.1, 0.15) is 26.0 Å². The molecule has 0 aliphatic rings. The lowest BCUT2D eigenvalue weighted by Crippen LogP contribution is -2.51. The van der Waals surface area contributed by atoms with Gasteiger partial charge in [-0.3, -0.25) is 0 Å². The van der Waals surface area contributed by atoms with Gasteiger partial charge in [0, 0.05) is 37.9 Å². The van der Waals surface area contributed by atoms with Crippen LogP contribution in [0.25, 0.3) is 0 Å². The first kappa shape index (κ1) is 51.2. The summed E-state index contributed by atoms with van der Waals surface area (Å²) in [5.74, 6) is -2.66. The summed E-state index contributed by atoms with van der Waals surface area (Å²) in [5, 5.41) is 11.3. The Morgan fingerprint density at radius 2 is 0.877 bits per heavy atom. The minimum absolute atomic E-state index is 0.00502. The Labute approximate surface area is 385 Å². The molecule has 11 heteroatoms. The smallest absolute Gasteiger partial charge is 0.335 e. The van der Waals surface area contributed by atoms with Gasteiger partial charge in [-0.05, 0) is 27.8 Å². The first-order valence-corrected chi connectivity index (χ1v) is 22.3.